The molecule has 0 aliphatic carbocycles. The van der Waals surface area contributed by atoms with Gasteiger partial charge in [-0.15, -0.1) is 0 Å². The molecule has 0 unspecified atom stereocenters. The number of nitrogens with two attached hydrogens (primary N) is 2. The maximum Gasteiger partial charge on any atom is 0.123 e. The van der Waals surface area contributed by atoms with Gasteiger partial charge in [0, 0.05) is 18.8 Å². The molecule has 0 aliphatic rings. The van der Waals surface area contributed by atoms with E-state index in [1.165, 1.54) is 0 Å². The molecule has 0 radical (unpaired) electrons. The summed E-state index contributed by atoms with van der Waals surface area (Å²) in [6.45, 7) is 0.0888. The zero-order valence-corrected chi connectivity index (χ0v) is 6.77. The van der Waals surface area contributed by atoms with Crippen LogP contribution in [-0.4, -0.2) is 16.7 Å². The Morgan fingerprint density at radius 1 is 1.50 bits per heavy atom. The summed E-state index contributed by atoms with van der Waals surface area (Å²) in [6.07, 6.45) is 2.18. The summed E-state index contributed by atoms with van der Waals surface area (Å²) in [7, 11) is 0. The van der Waals surface area contributed by atoms with Crippen molar-refractivity contribution in [2.75, 3.05) is 12.3 Å². The number of pyridine rings is 1. The van der Waals surface area contributed by atoms with Gasteiger partial charge in [0.15, 0.2) is 0 Å². The first kappa shape index (κ1) is 8.96. The molecule has 0 saturated carbocycles. The Balaban J connectivity index is 2.68. The molecule has 1 heterocycles. The van der Waals surface area contributed by atoms with Crippen LogP contribution in [-0.2, 0) is 0 Å². The molecule has 0 spiro atoms. The summed E-state index contributed by atoms with van der Waals surface area (Å²) in [5.41, 5.74) is 12.0. The smallest absolute Gasteiger partial charge is 0.123 e. The lowest BCUT2D eigenvalue weighted by atomic mass is 10.1. The average molecular weight is 167 g/mol. The number of nitrogen functional groups attached to an aromatic ring is 1. The first-order valence-electron chi connectivity index (χ1n) is 3.82. The van der Waals surface area contributed by atoms with Crippen molar-refractivity contribution in [2.45, 2.75) is 12.5 Å². The van der Waals surface area contributed by atoms with Crippen LogP contribution in [0.4, 0.5) is 5.82 Å². The van der Waals surface area contributed by atoms with Gasteiger partial charge in [0.2, 0.25) is 0 Å². The number of aliphatic hydroxyl groups excluding tert-OH is 1. The van der Waals surface area contributed by atoms with Gasteiger partial charge in [0.1, 0.15) is 5.82 Å². The van der Waals surface area contributed by atoms with Gasteiger partial charge in [-0.3, -0.25) is 0 Å². The van der Waals surface area contributed by atoms with Crippen LogP contribution in [0.1, 0.15) is 18.0 Å². The molecule has 0 bridgehead atoms. The second-order valence-electron chi connectivity index (χ2n) is 2.64. The Morgan fingerprint density at radius 3 is 2.75 bits per heavy atom. The van der Waals surface area contributed by atoms with Crippen LogP contribution in [0.15, 0.2) is 18.3 Å². The van der Waals surface area contributed by atoms with Gasteiger partial charge in [-0.2, -0.15) is 0 Å². The zero-order valence-electron chi connectivity index (χ0n) is 6.77. The number of hydrogen-bond donors (Lipinski definition) is 3. The first-order valence-corrected chi connectivity index (χ1v) is 3.82. The standard InChI is InChI=1S/C8H13N3O/c9-7(3-4-12)6-1-2-8(10)11-5-6/h1-2,5,7,12H,3-4,9H2,(H2,10,11)/t7-/m0/s1. The van der Waals surface area contributed by atoms with E-state index in [4.69, 9.17) is 16.6 Å². The van der Waals surface area contributed by atoms with Crippen LogP contribution in [0, 0.1) is 0 Å². The van der Waals surface area contributed by atoms with E-state index in [1.807, 2.05) is 6.07 Å². The van der Waals surface area contributed by atoms with Gasteiger partial charge < -0.3 is 16.6 Å². The molecule has 0 aromatic carbocycles. The minimum Gasteiger partial charge on any atom is -0.396 e. The summed E-state index contributed by atoms with van der Waals surface area (Å²) >= 11 is 0. The molecule has 12 heavy (non-hydrogen) atoms. The van der Waals surface area contributed by atoms with E-state index in [0.29, 0.717) is 12.2 Å². The highest BCUT2D eigenvalue weighted by molar-refractivity contribution is 5.30. The van der Waals surface area contributed by atoms with Crippen molar-refractivity contribution in [3.63, 3.8) is 0 Å². The number of aromatic nitrogens is 1. The van der Waals surface area contributed by atoms with Crippen molar-refractivity contribution in [3.05, 3.63) is 23.9 Å². The van der Waals surface area contributed by atoms with E-state index in [0.717, 1.165) is 5.56 Å². The molecule has 0 fully saturated rings. The Morgan fingerprint density at radius 2 is 2.25 bits per heavy atom. The number of nitrogens with zero attached hydrogens (tertiary/aromatic N) is 1. The zero-order chi connectivity index (χ0) is 8.97. The number of rotatable bonds is 3. The molecule has 1 atom stereocenters. The number of hydrogen-bond acceptors (Lipinski definition) is 4. The van der Waals surface area contributed by atoms with Crippen LogP contribution in [0.25, 0.3) is 0 Å². The van der Waals surface area contributed by atoms with E-state index < -0.39 is 0 Å². The van der Waals surface area contributed by atoms with Crippen molar-refractivity contribution in [1.29, 1.82) is 0 Å². The molecule has 0 aliphatic heterocycles. The van der Waals surface area contributed by atoms with Gasteiger partial charge in [-0.1, -0.05) is 6.07 Å². The van der Waals surface area contributed by atoms with E-state index in [9.17, 15) is 0 Å². The first-order chi connectivity index (χ1) is 5.74. The van der Waals surface area contributed by atoms with Crippen LogP contribution >= 0.6 is 0 Å². The monoisotopic (exact) mass is 167 g/mol. The molecular formula is C8H13N3O. The van der Waals surface area contributed by atoms with Crippen molar-refractivity contribution < 1.29 is 5.11 Å². The number of aliphatic hydroxyl groups is 1. The highest BCUT2D eigenvalue weighted by Crippen LogP contribution is 2.12. The predicted octanol–water partition coefficient (Wildman–Crippen LogP) is 0.0460. The lowest BCUT2D eigenvalue weighted by Crippen LogP contribution is -2.12. The fraction of sp³-hybridized carbons (Fsp3) is 0.375. The third kappa shape index (κ3) is 2.18. The molecular weight excluding hydrogens is 154 g/mol. The molecule has 5 N–H and O–H groups in total. The molecule has 4 nitrogen and oxygen atoms in total. The fourth-order valence-electron chi connectivity index (χ4n) is 0.942. The molecule has 1 aromatic rings. The minimum atomic E-state index is -0.150. The predicted molar refractivity (Wildman–Crippen MR) is 47.3 cm³/mol. The summed E-state index contributed by atoms with van der Waals surface area (Å²) in [4.78, 5) is 3.90. The highest BCUT2D eigenvalue weighted by Gasteiger charge is 2.04. The normalized spacial score (nSPS) is 12.8. The second kappa shape index (κ2) is 4.04. The molecule has 1 rings (SSSR count). The third-order valence-corrected chi connectivity index (χ3v) is 1.68. The van der Waals surface area contributed by atoms with Crippen molar-refractivity contribution in [3.8, 4) is 0 Å². The largest absolute Gasteiger partial charge is 0.396 e. The molecule has 0 amide bonds. The maximum absolute atomic E-state index is 8.63. The summed E-state index contributed by atoms with van der Waals surface area (Å²) in [6, 6.07) is 3.37. The fourth-order valence-corrected chi connectivity index (χ4v) is 0.942. The molecule has 4 heteroatoms. The van der Waals surface area contributed by atoms with Gasteiger partial charge in [-0.25, -0.2) is 4.98 Å². The van der Waals surface area contributed by atoms with Crippen molar-refractivity contribution >= 4 is 5.82 Å². The SMILES string of the molecule is Nc1ccc([C@@H](N)CCO)cn1. The summed E-state index contributed by atoms with van der Waals surface area (Å²) in [5.74, 6) is 0.481. The average Bonchev–Trinajstić information content (AvgIpc) is 2.06. The van der Waals surface area contributed by atoms with E-state index in [2.05, 4.69) is 4.98 Å². The lowest BCUT2D eigenvalue weighted by Gasteiger charge is -2.08. The van der Waals surface area contributed by atoms with Crippen molar-refractivity contribution in [1.82, 2.24) is 4.98 Å². The quantitative estimate of drug-likeness (QED) is 0.593. The Hall–Kier alpha value is -1.13. The minimum absolute atomic E-state index is 0.0888. The highest BCUT2D eigenvalue weighted by atomic mass is 16.3. The number of anilines is 1. The van der Waals surface area contributed by atoms with Crippen LogP contribution in [0.3, 0.4) is 0 Å². The molecule has 0 saturated heterocycles. The molecule has 66 valence electrons. The summed E-state index contributed by atoms with van der Waals surface area (Å²) in [5, 5.41) is 8.63. The topological polar surface area (TPSA) is 85.2 Å². The summed E-state index contributed by atoms with van der Waals surface area (Å²) < 4.78 is 0. The van der Waals surface area contributed by atoms with Crippen LogP contribution in [0.2, 0.25) is 0 Å². The lowest BCUT2D eigenvalue weighted by molar-refractivity contribution is 0.276. The van der Waals surface area contributed by atoms with Gasteiger partial charge in [-0.05, 0) is 18.1 Å². The van der Waals surface area contributed by atoms with Gasteiger partial charge in [0.05, 0.1) is 0 Å². The second-order valence-corrected chi connectivity index (χ2v) is 2.64. The third-order valence-electron chi connectivity index (χ3n) is 1.68. The van der Waals surface area contributed by atoms with E-state index >= 15 is 0 Å². The van der Waals surface area contributed by atoms with Crippen molar-refractivity contribution in [2.24, 2.45) is 5.73 Å². The molecule has 1 aromatic heterocycles. The van der Waals surface area contributed by atoms with Gasteiger partial charge >= 0.3 is 0 Å². The Kier molecular flexibility index (Phi) is 3.01. The van der Waals surface area contributed by atoms with Crippen LogP contribution in [0.5, 0.6) is 0 Å². The van der Waals surface area contributed by atoms with E-state index in [-0.39, 0.29) is 12.6 Å². The Labute approximate surface area is 71.2 Å². The maximum atomic E-state index is 8.63. The Bertz CT molecular complexity index is 235. The van der Waals surface area contributed by atoms with E-state index in [1.54, 1.807) is 12.3 Å². The van der Waals surface area contributed by atoms with Gasteiger partial charge in [0.25, 0.3) is 0 Å². The van der Waals surface area contributed by atoms with Crippen LogP contribution < -0.4 is 11.5 Å².